The Morgan fingerprint density at radius 2 is 1.68 bits per heavy atom. The first-order valence-corrected chi connectivity index (χ1v) is 11.7. The highest BCUT2D eigenvalue weighted by Gasteiger charge is 2.62. The van der Waals surface area contributed by atoms with Crippen molar-refractivity contribution in [3.05, 3.63) is 0 Å². The van der Waals surface area contributed by atoms with Crippen LogP contribution >= 0.6 is 0 Å². The Morgan fingerprint density at radius 1 is 1.00 bits per heavy atom. The summed E-state index contributed by atoms with van der Waals surface area (Å²) < 4.78 is 0. The lowest BCUT2D eigenvalue weighted by Crippen LogP contribution is -2.58. The van der Waals surface area contributed by atoms with E-state index in [1.54, 1.807) is 0 Å². The van der Waals surface area contributed by atoms with Crippen molar-refractivity contribution in [2.45, 2.75) is 97.2 Å². The summed E-state index contributed by atoms with van der Waals surface area (Å²) >= 11 is 0. The van der Waals surface area contributed by atoms with Gasteiger partial charge in [-0.1, -0.05) is 20.8 Å². The molecule has 0 spiro atoms. The zero-order chi connectivity index (χ0) is 20.3. The van der Waals surface area contributed by atoms with E-state index in [4.69, 9.17) is 5.11 Å². The van der Waals surface area contributed by atoms with Gasteiger partial charge in [0.05, 0.1) is 12.2 Å². The number of carboxylic acid groups (broad SMARTS) is 1. The summed E-state index contributed by atoms with van der Waals surface area (Å²) in [6, 6.07) is 0. The van der Waals surface area contributed by atoms with Gasteiger partial charge in [-0.15, -0.1) is 0 Å². The van der Waals surface area contributed by atoms with Crippen LogP contribution in [0.3, 0.4) is 0 Å². The van der Waals surface area contributed by atoms with Crippen LogP contribution in [0.5, 0.6) is 0 Å². The molecule has 0 amide bonds. The molecule has 0 heterocycles. The predicted molar refractivity (Wildman–Crippen MR) is 109 cm³/mol. The number of aliphatic carboxylic acids is 1. The van der Waals surface area contributed by atoms with E-state index < -0.39 is 5.97 Å². The number of aliphatic hydroxyl groups is 2. The fourth-order valence-electron chi connectivity index (χ4n) is 8.73. The van der Waals surface area contributed by atoms with Gasteiger partial charge in [-0.2, -0.15) is 0 Å². The molecule has 4 fully saturated rings. The molecule has 4 nitrogen and oxygen atoms in total. The molecule has 4 rings (SSSR count). The molecule has 0 aromatic rings. The van der Waals surface area contributed by atoms with Gasteiger partial charge in [0.1, 0.15) is 0 Å². The smallest absolute Gasteiger partial charge is 0.303 e. The Kier molecular flexibility index (Phi) is 5.36. The molecule has 4 aliphatic carbocycles. The van der Waals surface area contributed by atoms with E-state index >= 15 is 0 Å². The van der Waals surface area contributed by atoms with E-state index in [0.717, 1.165) is 32.1 Å². The lowest BCUT2D eigenvalue weighted by molar-refractivity contribution is -0.174. The van der Waals surface area contributed by atoms with Gasteiger partial charge < -0.3 is 15.3 Å². The third-order valence-electron chi connectivity index (χ3n) is 10.2. The Hall–Kier alpha value is -0.610. The van der Waals surface area contributed by atoms with E-state index in [1.807, 2.05) is 0 Å². The minimum Gasteiger partial charge on any atom is -0.481 e. The highest BCUT2D eigenvalue weighted by atomic mass is 16.4. The molecule has 0 aliphatic heterocycles. The van der Waals surface area contributed by atoms with Gasteiger partial charge >= 0.3 is 5.97 Å². The molecule has 0 aromatic heterocycles. The molecule has 0 aromatic carbocycles. The van der Waals surface area contributed by atoms with Crippen LogP contribution in [-0.4, -0.2) is 33.5 Å². The second-order valence-corrected chi connectivity index (χ2v) is 11.4. The molecular formula is C24H40O4. The van der Waals surface area contributed by atoms with Gasteiger partial charge in [-0.25, -0.2) is 0 Å². The molecule has 3 N–H and O–H groups in total. The fraction of sp³-hybridized carbons (Fsp3) is 0.958. The summed E-state index contributed by atoms with van der Waals surface area (Å²) in [5.74, 6) is 2.36. The number of rotatable bonds is 4. The van der Waals surface area contributed by atoms with E-state index in [1.165, 1.54) is 25.7 Å². The van der Waals surface area contributed by atoms with Crippen LogP contribution in [0, 0.1) is 46.3 Å². The average Bonchev–Trinajstić information content (AvgIpc) is 2.98. The maximum atomic E-state index is 11.2. The first-order chi connectivity index (χ1) is 13.2. The standard InChI is InChI=1S/C24H40O4/c1-14(4-7-21(27)28)17-5-6-18-22-19(9-11-24(17,18)3)23(2)10-8-16(25)12-15(23)13-20(22)26/h14-20,22,25-26H,4-13H2,1-3H3,(H,27,28)/t14-,15+,16-,17-,18+,19+,20+,22+,23?,24?/m1/s1. The maximum Gasteiger partial charge on any atom is 0.303 e. The number of aliphatic hydroxyl groups excluding tert-OH is 2. The Labute approximate surface area is 170 Å². The second-order valence-electron chi connectivity index (χ2n) is 11.4. The molecule has 0 radical (unpaired) electrons. The predicted octanol–water partition coefficient (Wildman–Crippen LogP) is 4.48. The molecule has 10 atom stereocenters. The highest BCUT2D eigenvalue weighted by molar-refractivity contribution is 5.66. The van der Waals surface area contributed by atoms with Crippen molar-refractivity contribution in [2.75, 3.05) is 0 Å². The zero-order valence-electron chi connectivity index (χ0n) is 17.9. The van der Waals surface area contributed by atoms with Crippen molar-refractivity contribution < 1.29 is 20.1 Å². The van der Waals surface area contributed by atoms with Gasteiger partial charge in [0, 0.05) is 6.42 Å². The molecular weight excluding hydrogens is 352 g/mol. The number of carboxylic acids is 1. The maximum absolute atomic E-state index is 11.2. The molecule has 0 saturated heterocycles. The van der Waals surface area contributed by atoms with Crippen LogP contribution in [0.25, 0.3) is 0 Å². The lowest BCUT2D eigenvalue weighted by Gasteiger charge is -2.62. The van der Waals surface area contributed by atoms with E-state index in [2.05, 4.69) is 20.8 Å². The zero-order valence-corrected chi connectivity index (χ0v) is 17.9. The first-order valence-electron chi connectivity index (χ1n) is 11.7. The molecule has 2 unspecified atom stereocenters. The van der Waals surface area contributed by atoms with Gasteiger partial charge in [0.15, 0.2) is 0 Å². The van der Waals surface area contributed by atoms with Crippen LogP contribution < -0.4 is 0 Å². The third kappa shape index (κ3) is 3.14. The number of hydrogen-bond donors (Lipinski definition) is 3. The largest absolute Gasteiger partial charge is 0.481 e. The van der Waals surface area contributed by atoms with E-state index in [9.17, 15) is 15.0 Å². The Balaban J connectivity index is 1.55. The van der Waals surface area contributed by atoms with Crippen LogP contribution in [0.4, 0.5) is 0 Å². The summed E-state index contributed by atoms with van der Waals surface area (Å²) in [5, 5.41) is 30.5. The highest BCUT2D eigenvalue weighted by Crippen LogP contribution is 2.68. The summed E-state index contributed by atoms with van der Waals surface area (Å²) in [4.78, 5) is 11.1. The lowest BCUT2D eigenvalue weighted by atomic mass is 9.43. The van der Waals surface area contributed by atoms with Gasteiger partial charge in [0.2, 0.25) is 0 Å². The van der Waals surface area contributed by atoms with Crippen molar-refractivity contribution in [1.29, 1.82) is 0 Å². The van der Waals surface area contributed by atoms with Gasteiger partial charge in [-0.3, -0.25) is 4.79 Å². The van der Waals surface area contributed by atoms with Gasteiger partial charge in [-0.05, 0) is 104 Å². The molecule has 4 aliphatic rings. The minimum atomic E-state index is -0.684. The third-order valence-corrected chi connectivity index (χ3v) is 10.2. The van der Waals surface area contributed by atoms with Gasteiger partial charge in [0.25, 0.3) is 0 Å². The summed E-state index contributed by atoms with van der Waals surface area (Å²) in [7, 11) is 0. The SMILES string of the molecule is C[C@H](CCC(=O)O)[C@H]1CC[C@H]2[C@@H]3[C@@H](O)C[C@@H]4C[C@H](O)CCC4(C)[C@H]3CCC12C. The normalized spacial score (nSPS) is 51.7. The van der Waals surface area contributed by atoms with E-state index in [0.29, 0.717) is 35.5 Å². The van der Waals surface area contributed by atoms with Crippen LogP contribution in [-0.2, 0) is 4.79 Å². The minimum absolute atomic E-state index is 0.179. The van der Waals surface area contributed by atoms with Crippen molar-refractivity contribution in [1.82, 2.24) is 0 Å². The molecule has 4 saturated carbocycles. The number of hydrogen-bond acceptors (Lipinski definition) is 3. The molecule has 28 heavy (non-hydrogen) atoms. The number of fused-ring (bicyclic) bond motifs is 5. The van der Waals surface area contributed by atoms with Crippen LogP contribution in [0.15, 0.2) is 0 Å². The topological polar surface area (TPSA) is 77.8 Å². The van der Waals surface area contributed by atoms with Crippen molar-refractivity contribution in [2.24, 2.45) is 46.3 Å². The van der Waals surface area contributed by atoms with Crippen molar-refractivity contribution in [3.63, 3.8) is 0 Å². The Morgan fingerprint density at radius 3 is 2.39 bits per heavy atom. The summed E-state index contributed by atoms with van der Waals surface area (Å²) in [6.07, 6.45) is 9.19. The Bertz CT molecular complexity index is 605. The summed E-state index contributed by atoms with van der Waals surface area (Å²) in [5.41, 5.74) is 0.523. The molecule has 160 valence electrons. The second kappa shape index (κ2) is 7.27. The van der Waals surface area contributed by atoms with Crippen molar-refractivity contribution >= 4 is 5.97 Å². The quantitative estimate of drug-likeness (QED) is 0.659. The monoisotopic (exact) mass is 392 g/mol. The fourth-order valence-corrected chi connectivity index (χ4v) is 8.73. The summed E-state index contributed by atoms with van der Waals surface area (Å²) in [6.45, 7) is 7.16. The molecule has 4 heteroatoms. The van der Waals surface area contributed by atoms with Crippen LogP contribution in [0.2, 0.25) is 0 Å². The number of carbonyl (C=O) groups is 1. The van der Waals surface area contributed by atoms with E-state index in [-0.39, 0.29) is 29.5 Å². The average molecular weight is 393 g/mol. The van der Waals surface area contributed by atoms with Crippen molar-refractivity contribution in [3.8, 4) is 0 Å². The molecule has 0 bridgehead atoms. The van der Waals surface area contributed by atoms with Crippen LogP contribution in [0.1, 0.15) is 85.0 Å². The first kappa shape index (κ1) is 20.7.